The van der Waals surface area contributed by atoms with E-state index in [-0.39, 0.29) is 0 Å². The molecule has 0 fully saturated rings. The van der Waals surface area contributed by atoms with Gasteiger partial charge in [0.1, 0.15) is 11.2 Å². The normalized spacial score (nSPS) is 14.0. The van der Waals surface area contributed by atoms with Gasteiger partial charge in [-0.3, -0.25) is 0 Å². The number of furan rings is 1. The number of hydrogen-bond acceptors (Lipinski definition) is 1. The fourth-order valence-corrected chi connectivity index (χ4v) is 8.46. The fourth-order valence-electron chi connectivity index (χ4n) is 8.46. The van der Waals surface area contributed by atoms with Crippen LogP contribution in [0.2, 0.25) is 0 Å². The fraction of sp³-hybridized carbons (Fsp3) is 0.0800. The lowest BCUT2D eigenvalue weighted by atomic mass is 9.86. The summed E-state index contributed by atoms with van der Waals surface area (Å²) in [7, 11) is 0. The van der Waals surface area contributed by atoms with Crippen LogP contribution in [0.15, 0.2) is 150 Å². The largest absolute Gasteiger partial charge is 0.456 e. The number of fused-ring (bicyclic) bond motifs is 10. The molecule has 0 aliphatic heterocycles. The monoisotopic (exact) mass is 667 g/mol. The van der Waals surface area contributed by atoms with Crippen molar-refractivity contribution in [3.63, 3.8) is 0 Å². The smallest absolute Gasteiger partial charge is 0.135 e. The second kappa shape index (κ2) is 12.6. The average Bonchev–Trinajstić information content (AvgIpc) is 3.72. The Morgan fingerprint density at radius 3 is 1.98 bits per heavy atom. The van der Waals surface area contributed by atoms with Gasteiger partial charge in [0.2, 0.25) is 0 Å². The minimum atomic E-state index is 0.295. The lowest BCUT2D eigenvalue weighted by molar-refractivity contribution is 0.668. The van der Waals surface area contributed by atoms with Gasteiger partial charge in [-0.15, -0.1) is 12.8 Å². The second-order valence-corrected chi connectivity index (χ2v) is 13.6. The molecule has 10 rings (SSSR count). The van der Waals surface area contributed by atoms with E-state index < -0.39 is 0 Å². The molecule has 0 N–H and O–H groups in total. The topological polar surface area (TPSA) is 18.1 Å². The molecule has 0 saturated carbocycles. The first kappa shape index (κ1) is 31.4. The van der Waals surface area contributed by atoms with Crippen molar-refractivity contribution in [2.75, 3.05) is 0 Å². The molecule has 0 radical (unpaired) electrons. The van der Waals surface area contributed by atoms with Gasteiger partial charge in [0.25, 0.3) is 0 Å². The molecule has 1 aliphatic carbocycles. The maximum absolute atomic E-state index is 6.13. The maximum Gasteiger partial charge on any atom is 0.135 e. The number of para-hydroxylation sites is 1. The van der Waals surface area contributed by atoms with Crippen LogP contribution in [0.5, 0.6) is 0 Å². The molecular weight excluding hydrogens is 631 g/mol. The summed E-state index contributed by atoms with van der Waals surface area (Å²) >= 11 is 0. The summed E-state index contributed by atoms with van der Waals surface area (Å²) in [6, 6.07) is 48.7. The number of nitrogens with zero attached hydrogens (tertiary/aromatic N) is 1. The predicted octanol–water partition coefficient (Wildman–Crippen LogP) is 13.4. The van der Waals surface area contributed by atoms with Crippen LogP contribution in [0.25, 0.3) is 83.2 Å². The zero-order valence-corrected chi connectivity index (χ0v) is 29.3. The van der Waals surface area contributed by atoms with Gasteiger partial charge >= 0.3 is 0 Å². The quantitative estimate of drug-likeness (QED) is 0.135. The summed E-state index contributed by atoms with van der Waals surface area (Å²) in [4.78, 5) is 0. The molecule has 0 bridgehead atoms. The molecule has 248 valence electrons. The maximum atomic E-state index is 6.13. The Hall–Kier alpha value is -6.56. The number of benzene rings is 7. The molecule has 2 heteroatoms. The summed E-state index contributed by atoms with van der Waals surface area (Å²) < 4.78 is 8.59. The highest BCUT2D eigenvalue weighted by Crippen LogP contribution is 2.41. The highest BCUT2D eigenvalue weighted by atomic mass is 16.3. The van der Waals surface area contributed by atoms with Gasteiger partial charge in [0.15, 0.2) is 0 Å². The minimum Gasteiger partial charge on any atom is -0.456 e. The Labute approximate surface area is 303 Å². The first-order chi connectivity index (χ1) is 25.7. The number of allylic oxidation sites excluding steroid dienone is 2. The van der Waals surface area contributed by atoms with Crippen molar-refractivity contribution in [3.05, 3.63) is 174 Å². The van der Waals surface area contributed by atoms with Gasteiger partial charge < -0.3 is 8.98 Å². The Morgan fingerprint density at radius 1 is 0.615 bits per heavy atom. The number of hydrogen-bond donors (Lipinski definition) is 0. The molecule has 1 atom stereocenters. The number of aromatic nitrogens is 1. The minimum absolute atomic E-state index is 0.295. The Kier molecular flexibility index (Phi) is 7.64. The van der Waals surface area contributed by atoms with Gasteiger partial charge in [0, 0.05) is 33.8 Å². The highest BCUT2D eigenvalue weighted by molar-refractivity contribution is 6.25. The molecular formula is C50H37NO. The van der Waals surface area contributed by atoms with Crippen LogP contribution >= 0.6 is 0 Å². The zero-order chi connectivity index (χ0) is 35.3. The van der Waals surface area contributed by atoms with Crippen LogP contribution in [-0.4, -0.2) is 4.57 Å². The average molecular weight is 668 g/mol. The summed E-state index contributed by atoms with van der Waals surface area (Å²) in [6.45, 7) is 4.40. The van der Waals surface area contributed by atoms with Crippen LogP contribution < -0.4 is 0 Å². The Morgan fingerprint density at radius 2 is 1.25 bits per heavy atom. The van der Waals surface area contributed by atoms with E-state index in [1.807, 2.05) is 6.07 Å². The van der Waals surface area contributed by atoms with Crippen LogP contribution in [0, 0.1) is 19.8 Å². The summed E-state index contributed by atoms with van der Waals surface area (Å²) in [6.07, 6.45) is 18.1. The molecule has 9 aromatic rings. The molecule has 52 heavy (non-hydrogen) atoms. The molecule has 1 unspecified atom stereocenters. The van der Waals surface area contributed by atoms with Crippen molar-refractivity contribution in [1.82, 2.24) is 4.57 Å². The molecule has 0 amide bonds. The van der Waals surface area contributed by atoms with Crippen molar-refractivity contribution < 1.29 is 4.42 Å². The van der Waals surface area contributed by atoms with Gasteiger partial charge in [-0.05, 0) is 129 Å². The van der Waals surface area contributed by atoms with E-state index in [0.29, 0.717) is 5.92 Å². The van der Waals surface area contributed by atoms with Crippen molar-refractivity contribution in [3.8, 4) is 29.7 Å². The molecule has 7 aromatic carbocycles. The first-order valence-electron chi connectivity index (χ1n) is 17.9. The lowest BCUT2D eigenvalue weighted by Crippen LogP contribution is -2.08. The van der Waals surface area contributed by atoms with Crippen molar-refractivity contribution >= 4 is 66.4 Å². The lowest BCUT2D eigenvalue weighted by Gasteiger charge is -2.20. The van der Waals surface area contributed by atoms with E-state index in [1.165, 1.54) is 88.0 Å². The van der Waals surface area contributed by atoms with E-state index in [1.54, 1.807) is 0 Å². The van der Waals surface area contributed by atoms with Gasteiger partial charge in [-0.2, -0.15) is 0 Å². The van der Waals surface area contributed by atoms with Crippen molar-refractivity contribution in [1.29, 1.82) is 0 Å². The van der Waals surface area contributed by atoms with Crippen LogP contribution in [0.1, 0.15) is 40.9 Å². The molecule has 2 heterocycles. The molecule has 0 saturated heterocycles. The van der Waals surface area contributed by atoms with E-state index >= 15 is 0 Å². The number of terminal acetylenes is 1. The molecule has 2 nitrogen and oxygen atoms in total. The van der Waals surface area contributed by atoms with Gasteiger partial charge in [-0.1, -0.05) is 109 Å². The SMILES string of the molecule is C#C.C/C=C\c1c(C)c2c(n1-c1cccc(-c3ccc4c5ccccc5c5ccccc5c4c3)c1)C=CC(c1ccc3oc4ccccc4c3c1)C2. The Balaban J connectivity index is 0.00000177. The summed E-state index contributed by atoms with van der Waals surface area (Å²) in [5.41, 5.74) is 12.1. The van der Waals surface area contributed by atoms with E-state index in [0.717, 1.165) is 17.6 Å². The molecule has 2 aromatic heterocycles. The third-order valence-electron chi connectivity index (χ3n) is 10.9. The van der Waals surface area contributed by atoms with Gasteiger partial charge in [-0.25, -0.2) is 0 Å². The van der Waals surface area contributed by atoms with Crippen LogP contribution in [0.3, 0.4) is 0 Å². The van der Waals surface area contributed by atoms with Gasteiger partial charge in [0.05, 0.1) is 0 Å². The standard InChI is InChI=1S/C48H35NO.C2H2/c1-3-11-45-30(2)42-27-33(34-22-25-48-44(29-34)41-18-8-9-19-47(41)50-48)21-24-46(42)49(45)35-13-10-12-31(26-35)32-20-23-40-38-16-5-4-14-36(38)37-15-6-7-17-39(37)43(40)28-32;1-2/h3-26,28-29,33H,27H2,1-2H3;1-2H/b11-3-;. The van der Waals surface area contributed by atoms with E-state index in [4.69, 9.17) is 4.42 Å². The van der Waals surface area contributed by atoms with Crippen LogP contribution in [0.4, 0.5) is 0 Å². The van der Waals surface area contributed by atoms with Crippen LogP contribution in [-0.2, 0) is 6.42 Å². The predicted molar refractivity (Wildman–Crippen MR) is 222 cm³/mol. The Bertz CT molecular complexity index is 2890. The summed E-state index contributed by atoms with van der Waals surface area (Å²) in [5, 5.41) is 10.2. The van der Waals surface area contributed by atoms with Crippen molar-refractivity contribution in [2.24, 2.45) is 0 Å². The first-order valence-corrected chi connectivity index (χ1v) is 17.9. The third-order valence-corrected chi connectivity index (χ3v) is 10.9. The number of rotatable bonds is 4. The van der Waals surface area contributed by atoms with E-state index in [2.05, 4.69) is 183 Å². The highest BCUT2D eigenvalue weighted by Gasteiger charge is 2.25. The molecule has 0 spiro atoms. The van der Waals surface area contributed by atoms with E-state index in [9.17, 15) is 0 Å². The zero-order valence-electron chi connectivity index (χ0n) is 29.3. The van der Waals surface area contributed by atoms with Crippen molar-refractivity contribution in [2.45, 2.75) is 26.2 Å². The second-order valence-electron chi connectivity index (χ2n) is 13.6. The molecule has 1 aliphatic rings. The third kappa shape index (κ3) is 4.89. The summed E-state index contributed by atoms with van der Waals surface area (Å²) in [5.74, 6) is 0.295.